The van der Waals surface area contributed by atoms with E-state index in [1.807, 2.05) is 37.4 Å². The largest absolute Gasteiger partial charge is 0.388 e. The maximum absolute atomic E-state index is 10.3. The fourth-order valence-electron chi connectivity index (χ4n) is 2.70. The molecule has 2 N–H and O–H groups in total. The number of halogens is 1. The molecule has 0 aliphatic heterocycles. The van der Waals surface area contributed by atoms with Gasteiger partial charge >= 0.3 is 0 Å². The molecule has 2 atom stereocenters. The van der Waals surface area contributed by atoms with Crippen LogP contribution < -0.4 is 5.32 Å². The second kappa shape index (κ2) is 7.95. The van der Waals surface area contributed by atoms with Crippen LogP contribution in [0.5, 0.6) is 0 Å². The fourth-order valence-corrected chi connectivity index (χ4v) is 2.90. The number of benzene rings is 1. The first-order chi connectivity index (χ1) is 10.9. The highest BCUT2D eigenvalue weighted by atomic mass is 35.5. The quantitative estimate of drug-likeness (QED) is 0.809. The number of nitrogens with zero attached hydrogens (tertiary/aromatic N) is 2. The van der Waals surface area contributed by atoms with Gasteiger partial charge in [0.25, 0.3) is 0 Å². The van der Waals surface area contributed by atoms with Gasteiger partial charge in [0.1, 0.15) is 5.15 Å². The Bertz CT molecular complexity index is 625. The van der Waals surface area contributed by atoms with Crippen LogP contribution in [0.2, 0.25) is 5.15 Å². The second-order valence-electron chi connectivity index (χ2n) is 6.38. The molecule has 1 aromatic carbocycles. The van der Waals surface area contributed by atoms with Crippen molar-refractivity contribution in [2.24, 2.45) is 7.05 Å². The van der Waals surface area contributed by atoms with E-state index in [0.29, 0.717) is 24.0 Å². The highest BCUT2D eigenvalue weighted by molar-refractivity contribution is 6.30. The molecule has 0 aliphatic carbocycles. The lowest BCUT2D eigenvalue weighted by atomic mass is 10.0. The van der Waals surface area contributed by atoms with E-state index in [1.54, 1.807) is 4.68 Å². The smallest absolute Gasteiger partial charge is 0.131 e. The Kier molecular flexibility index (Phi) is 6.22. The summed E-state index contributed by atoms with van der Waals surface area (Å²) in [4.78, 5) is 0. The number of aryl methyl sites for hydroxylation is 1. The molecule has 0 amide bonds. The Balaban J connectivity index is 1.96. The summed E-state index contributed by atoms with van der Waals surface area (Å²) in [6.45, 7) is 6.96. The van der Waals surface area contributed by atoms with Gasteiger partial charge in [0.2, 0.25) is 0 Å². The molecule has 0 saturated carbocycles. The molecule has 23 heavy (non-hydrogen) atoms. The number of aromatic nitrogens is 2. The first-order valence-corrected chi connectivity index (χ1v) is 8.45. The fraction of sp³-hybridized carbons (Fsp3) is 0.500. The third kappa shape index (κ3) is 4.56. The van der Waals surface area contributed by atoms with Gasteiger partial charge in [-0.25, -0.2) is 0 Å². The topological polar surface area (TPSA) is 50.1 Å². The molecule has 0 aliphatic rings. The average molecular weight is 336 g/mol. The lowest BCUT2D eigenvalue weighted by Crippen LogP contribution is -2.28. The Hall–Kier alpha value is -1.36. The highest BCUT2D eigenvalue weighted by Crippen LogP contribution is 2.25. The van der Waals surface area contributed by atoms with Crippen LogP contribution in [0.1, 0.15) is 56.0 Å². The second-order valence-corrected chi connectivity index (χ2v) is 6.74. The van der Waals surface area contributed by atoms with Gasteiger partial charge in [0.15, 0.2) is 0 Å². The standard InChI is InChI=1S/C18H26ClN3O/c1-12(2)17-15(18(19)22(4)21-17)11-20-13(3)10-16(23)14-8-6-5-7-9-14/h5-9,12-13,16,20,23H,10-11H2,1-4H3. The zero-order valence-electron chi connectivity index (χ0n) is 14.3. The molecule has 4 nitrogen and oxygen atoms in total. The van der Waals surface area contributed by atoms with Crippen molar-refractivity contribution in [3.05, 3.63) is 52.3 Å². The summed E-state index contributed by atoms with van der Waals surface area (Å²) in [7, 11) is 1.86. The van der Waals surface area contributed by atoms with Crippen molar-refractivity contribution in [1.29, 1.82) is 0 Å². The van der Waals surface area contributed by atoms with Crippen molar-refractivity contribution < 1.29 is 5.11 Å². The lowest BCUT2D eigenvalue weighted by molar-refractivity contribution is 0.154. The van der Waals surface area contributed by atoms with Crippen LogP contribution in [0.4, 0.5) is 0 Å². The number of hydrogen-bond acceptors (Lipinski definition) is 3. The van der Waals surface area contributed by atoms with Gasteiger partial charge in [-0.3, -0.25) is 4.68 Å². The van der Waals surface area contributed by atoms with Crippen LogP contribution in [-0.2, 0) is 13.6 Å². The first kappa shape index (κ1) is 18.0. The molecule has 1 heterocycles. The molecule has 2 aromatic rings. The highest BCUT2D eigenvalue weighted by Gasteiger charge is 2.18. The van der Waals surface area contributed by atoms with E-state index >= 15 is 0 Å². The summed E-state index contributed by atoms with van der Waals surface area (Å²) in [5.41, 5.74) is 3.02. The summed E-state index contributed by atoms with van der Waals surface area (Å²) in [5, 5.41) is 18.9. The van der Waals surface area contributed by atoms with Gasteiger partial charge in [-0.1, -0.05) is 55.8 Å². The first-order valence-electron chi connectivity index (χ1n) is 8.07. The normalized spacial score (nSPS) is 14.2. The van der Waals surface area contributed by atoms with Crippen molar-refractivity contribution in [2.75, 3.05) is 0 Å². The molecule has 0 saturated heterocycles. The lowest BCUT2D eigenvalue weighted by Gasteiger charge is -2.18. The van der Waals surface area contributed by atoms with Gasteiger partial charge in [0.05, 0.1) is 11.8 Å². The van der Waals surface area contributed by atoms with Gasteiger partial charge in [-0.2, -0.15) is 5.10 Å². The summed E-state index contributed by atoms with van der Waals surface area (Å²) in [6, 6.07) is 9.91. The van der Waals surface area contributed by atoms with Gasteiger partial charge < -0.3 is 10.4 Å². The molecular formula is C18H26ClN3O. The zero-order valence-corrected chi connectivity index (χ0v) is 15.0. The van der Waals surface area contributed by atoms with Crippen molar-refractivity contribution in [2.45, 2.75) is 51.8 Å². The number of aliphatic hydroxyl groups is 1. The molecule has 0 fully saturated rings. The predicted octanol–water partition coefficient (Wildman–Crippen LogP) is 3.80. The Morgan fingerprint density at radius 1 is 1.22 bits per heavy atom. The zero-order chi connectivity index (χ0) is 17.0. The minimum Gasteiger partial charge on any atom is -0.388 e. The minimum absolute atomic E-state index is 0.168. The average Bonchev–Trinajstić information content (AvgIpc) is 2.81. The molecule has 1 aromatic heterocycles. The van der Waals surface area contributed by atoms with E-state index in [1.165, 1.54) is 0 Å². The summed E-state index contributed by atoms with van der Waals surface area (Å²) in [5.74, 6) is 0.329. The van der Waals surface area contributed by atoms with Crippen molar-refractivity contribution >= 4 is 11.6 Å². The SMILES string of the molecule is CC(CC(O)c1ccccc1)NCc1c(C(C)C)nn(C)c1Cl. The number of aliphatic hydroxyl groups excluding tert-OH is 1. The maximum Gasteiger partial charge on any atom is 0.131 e. The number of rotatable bonds is 7. The van der Waals surface area contributed by atoms with E-state index in [0.717, 1.165) is 16.8 Å². The van der Waals surface area contributed by atoms with Gasteiger partial charge in [-0.05, 0) is 24.8 Å². The molecule has 0 spiro atoms. The number of hydrogen-bond donors (Lipinski definition) is 2. The van der Waals surface area contributed by atoms with Crippen molar-refractivity contribution in [3.8, 4) is 0 Å². The molecule has 2 rings (SSSR count). The van der Waals surface area contributed by atoms with E-state index < -0.39 is 6.10 Å². The Morgan fingerprint density at radius 3 is 2.48 bits per heavy atom. The predicted molar refractivity (Wildman–Crippen MR) is 94.6 cm³/mol. The van der Waals surface area contributed by atoms with E-state index in [2.05, 4.69) is 31.2 Å². The summed E-state index contributed by atoms with van der Waals surface area (Å²) < 4.78 is 1.72. The monoisotopic (exact) mass is 335 g/mol. The van der Waals surface area contributed by atoms with Crippen LogP contribution in [0.15, 0.2) is 30.3 Å². The van der Waals surface area contributed by atoms with Crippen LogP contribution in [0, 0.1) is 0 Å². The van der Waals surface area contributed by atoms with Crippen LogP contribution in [0.25, 0.3) is 0 Å². The van der Waals surface area contributed by atoms with Crippen LogP contribution in [-0.4, -0.2) is 20.9 Å². The van der Waals surface area contributed by atoms with E-state index in [9.17, 15) is 5.11 Å². The Morgan fingerprint density at radius 2 is 1.87 bits per heavy atom. The minimum atomic E-state index is -0.465. The molecule has 0 bridgehead atoms. The van der Waals surface area contributed by atoms with Crippen molar-refractivity contribution in [1.82, 2.24) is 15.1 Å². The van der Waals surface area contributed by atoms with Crippen LogP contribution >= 0.6 is 11.6 Å². The maximum atomic E-state index is 10.3. The summed E-state index contributed by atoms with van der Waals surface area (Å²) >= 11 is 6.35. The molecule has 0 radical (unpaired) electrons. The van der Waals surface area contributed by atoms with Crippen LogP contribution in [0.3, 0.4) is 0 Å². The molecule has 126 valence electrons. The Labute approximate surface area is 143 Å². The van der Waals surface area contributed by atoms with Gasteiger partial charge in [-0.15, -0.1) is 0 Å². The van der Waals surface area contributed by atoms with Crippen molar-refractivity contribution in [3.63, 3.8) is 0 Å². The van der Waals surface area contributed by atoms with E-state index in [-0.39, 0.29) is 6.04 Å². The third-order valence-electron chi connectivity index (χ3n) is 4.04. The van der Waals surface area contributed by atoms with Gasteiger partial charge in [0, 0.05) is 25.2 Å². The summed E-state index contributed by atoms with van der Waals surface area (Å²) in [6.07, 6.45) is 0.187. The molecule has 2 unspecified atom stereocenters. The molecule has 5 heteroatoms. The number of nitrogens with one attached hydrogen (secondary N) is 1. The third-order valence-corrected chi connectivity index (χ3v) is 4.51. The molecular weight excluding hydrogens is 310 g/mol. The van der Waals surface area contributed by atoms with E-state index in [4.69, 9.17) is 11.6 Å².